The van der Waals surface area contributed by atoms with Gasteiger partial charge in [0.25, 0.3) is 0 Å². The van der Waals surface area contributed by atoms with E-state index in [0.717, 1.165) is 25.7 Å². The average Bonchev–Trinajstić information content (AvgIpc) is 3.06. The molecule has 0 radical (unpaired) electrons. The molecule has 2 aromatic carbocycles. The van der Waals surface area contributed by atoms with E-state index in [2.05, 4.69) is 10.0 Å². The van der Waals surface area contributed by atoms with Crippen LogP contribution >= 0.6 is 0 Å². The zero-order valence-electron chi connectivity index (χ0n) is 18.1. The SMILES string of the molecule is Cc1ccc(NC(=O)CCNS(=O)(=O)c2ccccc2)cc1S(=O)(=O)N1CCCCCC1. The summed E-state index contributed by atoms with van der Waals surface area (Å²) in [5, 5.41) is 2.67. The molecule has 2 N–H and O–H groups in total. The van der Waals surface area contributed by atoms with Gasteiger partial charge in [-0.2, -0.15) is 4.31 Å². The monoisotopic (exact) mass is 479 g/mol. The summed E-state index contributed by atoms with van der Waals surface area (Å²) in [4.78, 5) is 12.6. The summed E-state index contributed by atoms with van der Waals surface area (Å²) in [6.45, 7) is 2.66. The van der Waals surface area contributed by atoms with Gasteiger partial charge in [0.05, 0.1) is 9.79 Å². The Bertz CT molecular complexity index is 1140. The fourth-order valence-corrected chi connectivity index (χ4v) is 6.40. The second-order valence-corrected chi connectivity index (χ2v) is 11.5. The van der Waals surface area contributed by atoms with Crippen LogP contribution in [0.25, 0.3) is 0 Å². The molecule has 0 aliphatic carbocycles. The number of benzene rings is 2. The zero-order valence-corrected chi connectivity index (χ0v) is 19.7. The fourth-order valence-electron chi connectivity index (χ4n) is 3.58. The standard InChI is InChI=1S/C22H29N3O5S2/c1-18-11-12-19(17-21(18)32(29,30)25-15-7-2-3-8-16-25)24-22(26)13-14-23-31(27,28)20-9-5-4-6-10-20/h4-6,9-12,17,23H,2-3,7-8,13-16H2,1H3,(H,24,26). The molecule has 0 saturated carbocycles. The Balaban J connectivity index is 1.63. The number of nitrogens with one attached hydrogen (secondary N) is 2. The molecule has 32 heavy (non-hydrogen) atoms. The molecule has 1 aliphatic heterocycles. The summed E-state index contributed by atoms with van der Waals surface area (Å²) in [6, 6.07) is 12.7. The number of carbonyl (C=O) groups is 1. The van der Waals surface area contributed by atoms with Gasteiger partial charge in [-0.15, -0.1) is 0 Å². The first-order chi connectivity index (χ1) is 15.2. The largest absolute Gasteiger partial charge is 0.326 e. The fraction of sp³-hybridized carbons (Fsp3) is 0.409. The number of rotatable bonds is 8. The third-order valence-electron chi connectivity index (χ3n) is 5.35. The number of amides is 1. The molecule has 1 saturated heterocycles. The number of nitrogens with zero attached hydrogens (tertiary/aromatic N) is 1. The molecule has 1 amide bonds. The van der Waals surface area contributed by atoms with Crippen molar-refractivity contribution in [1.29, 1.82) is 0 Å². The molecule has 0 atom stereocenters. The maximum Gasteiger partial charge on any atom is 0.243 e. The quantitative estimate of drug-likeness (QED) is 0.605. The van der Waals surface area contributed by atoms with Crippen molar-refractivity contribution in [3.8, 4) is 0 Å². The number of hydrogen-bond donors (Lipinski definition) is 2. The highest BCUT2D eigenvalue weighted by molar-refractivity contribution is 7.89. The van der Waals surface area contributed by atoms with Gasteiger partial charge in [-0.05, 0) is 49.6 Å². The van der Waals surface area contributed by atoms with Crippen molar-refractivity contribution >= 4 is 31.6 Å². The second-order valence-electron chi connectivity index (χ2n) is 7.81. The van der Waals surface area contributed by atoms with Crippen molar-refractivity contribution in [3.63, 3.8) is 0 Å². The first kappa shape index (κ1) is 24.4. The molecule has 1 aliphatic rings. The Hall–Kier alpha value is -2.27. The van der Waals surface area contributed by atoms with E-state index in [4.69, 9.17) is 0 Å². The van der Waals surface area contributed by atoms with Gasteiger partial charge in [-0.3, -0.25) is 4.79 Å². The summed E-state index contributed by atoms with van der Waals surface area (Å²) in [6.07, 6.45) is 3.64. The number of aryl methyl sites for hydroxylation is 1. The van der Waals surface area contributed by atoms with Gasteiger partial charge in [-0.25, -0.2) is 21.6 Å². The first-order valence-corrected chi connectivity index (χ1v) is 13.6. The molecule has 10 heteroatoms. The summed E-state index contributed by atoms with van der Waals surface area (Å²) < 4.78 is 54.7. The van der Waals surface area contributed by atoms with Crippen LogP contribution in [-0.2, 0) is 24.8 Å². The molecule has 3 rings (SSSR count). The van der Waals surface area contributed by atoms with Crippen LogP contribution in [0.2, 0.25) is 0 Å². The maximum absolute atomic E-state index is 13.2. The van der Waals surface area contributed by atoms with Crippen LogP contribution in [0, 0.1) is 6.92 Å². The number of hydrogen-bond acceptors (Lipinski definition) is 5. The van der Waals surface area contributed by atoms with E-state index in [-0.39, 0.29) is 22.8 Å². The lowest BCUT2D eigenvalue weighted by Gasteiger charge is -2.21. The van der Waals surface area contributed by atoms with E-state index in [9.17, 15) is 21.6 Å². The topological polar surface area (TPSA) is 113 Å². The number of anilines is 1. The minimum atomic E-state index is -3.69. The molecule has 174 valence electrons. The molecular formula is C22H29N3O5S2. The molecule has 1 fully saturated rings. The van der Waals surface area contributed by atoms with E-state index in [1.807, 2.05) is 0 Å². The van der Waals surface area contributed by atoms with Crippen LogP contribution < -0.4 is 10.0 Å². The molecule has 8 nitrogen and oxygen atoms in total. The van der Waals surface area contributed by atoms with Crippen LogP contribution in [0.1, 0.15) is 37.7 Å². The van der Waals surface area contributed by atoms with Gasteiger partial charge in [0.2, 0.25) is 26.0 Å². The lowest BCUT2D eigenvalue weighted by Crippen LogP contribution is -2.32. The van der Waals surface area contributed by atoms with Crippen LogP contribution in [0.5, 0.6) is 0 Å². The Morgan fingerprint density at radius 2 is 1.59 bits per heavy atom. The van der Waals surface area contributed by atoms with Crippen LogP contribution in [0.3, 0.4) is 0 Å². The zero-order chi connectivity index (χ0) is 23.2. The molecule has 0 spiro atoms. The van der Waals surface area contributed by atoms with Crippen LogP contribution in [0.15, 0.2) is 58.3 Å². The van der Waals surface area contributed by atoms with Crippen molar-refractivity contribution < 1.29 is 21.6 Å². The summed E-state index contributed by atoms with van der Waals surface area (Å²) in [7, 11) is -7.34. The molecule has 0 aromatic heterocycles. The minimum Gasteiger partial charge on any atom is -0.326 e. The van der Waals surface area contributed by atoms with Gasteiger partial charge < -0.3 is 5.32 Å². The number of carbonyl (C=O) groups excluding carboxylic acids is 1. The number of sulfonamides is 2. The molecule has 2 aromatic rings. The molecule has 0 bridgehead atoms. The van der Waals surface area contributed by atoms with Crippen molar-refractivity contribution in [2.45, 2.75) is 48.8 Å². The average molecular weight is 480 g/mol. The molecule has 1 heterocycles. The van der Waals surface area contributed by atoms with Gasteiger partial charge >= 0.3 is 0 Å². The van der Waals surface area contributed by atoms with Crippen molar-refractivity contribution in [2.24, 2.45) is 0 Å². The highest BCUT2D eigenvalue weighted by Gasteiger charge is 2.27. The third kappa shape index (κ3) is 6.16. The maximum atomic E-state index is 13.2. The predicted octanol–water partition coefficient (Wildman–Crippen LogP) is 2.87. The Labute approximate surface area is 190 Å². The molecule has 0 unspecified atom stereocenters. The highest BCUT2D eigenvalue weighted by atomic mass is 32.2. The van der Waals surface area contributed by atoms with Crippen molar-refractivity contribution in [1.82, 2.24) is 9.03 Å². The lowest BCUT2D eigenvalue weighted by atomic mass is 10.2. The Kier molecular flexibility index (Phi) is 8.05. The summed E-state index contributed by atoms with van der Waals surface area (Å²) in [5.74, 6) is -0.414. The van der Waals surface area contributed by atoms with Crippen LogP contribution in [0.4, 0.5) is 5.69 Å². The van der Waals surface area contributed by atoms with E-state index < -0.39 is 26.0 Å². The van der Waals surface area contributed by atoms with Crippen molar-refractivity contribution in [3.05, 3.63) is 54.1 Å². The molecular weight excluding hydrogens is 450 g/mol. The highest BCUT2D eigenvalue weighted by Crippen LogP contribution is 2.26. The summed E-state index contributed by atoms with van der Waals surface area (Å²) >= 11 is 0. The van der Waals surface area contributed by atoms with E-state index >= 15 is 0 Å². The first-order valence-electron chi connectivity index (χ1n) is 10.7. The van der Waals surface area contributed by atoms with E-state index in [1.54, 1.807) is 37.3 Å². The van der Waals surface area contributed by atoms with Gasteiger partial charge in [0.1, 0.15) is 0 Å². The Morgan fingerprint density at radius 1 is 0.938 bits per heavy atom. The minimum absolute atomic E-state index is 0.0755. The predicted molar refractivity (Wildman–Crippen MR) is 123 cm³/mol. The normalized spacial score (nSPS) is 15.8. The third-order valence-corrected chi connectivity index (χ3v) is 8.87. The summed E-state index contributed by atoms with van der Waals surface area (Å²) in [5.41, 5.74) is 0.975. The second kappa shape index (κ2) is 10.6. The van der Waals surface area contributed by atoms with Gasteiger partial charge in [-0.1, -0.05) is 37.1 Å². The van der Waals surface area contributed by atoms with Gasteiger partial charge in [0, 0.05) is 31.7 Å². The smallest absolute Gasteiger partial charge is 0.243 e. The van der Waals surface area contributed by atoms with Crippen molar-refractivity contribution in [2.75, 3.05) is 25.0 Å². The van der Waals surface area contributed by atoms with E-state index in [1.165, 1.54) is 22.5 Å². The Morgan fingerprint density at radius 3 is 2.25 bits per heavy atom. The van der Waals surface area contributed by atoms with E-state index in [0.29, 0.717) is 24.3 Å². The van der Waals surface area contributed by atoms with Gasteiger partial charge in [0.15, 0.2) is 0 Å². The van der Waals surface area contributed by atoms with Crippen LogP contribution in [-0.4, -0.2) is 46.7 Å². The lowest BCUT2D eigenvalue weighted by molar-refractivity contribution is -0.116.